The van der Waals surface area contributed by atoms with Crippen molar-refractivity contribution in [1.82, 2.24) is 5.32 Å². The Kier molecular flexibility index (Phi) is 3.79. The molecule has 0 saturated carbocycles. The Morgan fingerprint density at radius 3 is 2.89 bits per heavy atom. The predicted molar refractivity (Wildman–Crippen MR) is 74.9 cm³/mol. The summed E-state index contributed by atoms with van der Waals surface area (Å²) in [5.41, 5.74) is 1.04. The van der Waals surface area contributed by atoms with Crippen molar-refractivity contribution in [2.24, 2.45) is 0 Å². The first-order valence-electron chi connectivity index (χ1n) is 6.16. The van der Waals surface area contributed by atoms with E-state index in [4.69, 9.17) is 16.9 Å². The van der Waals surface area contributed by atoms with Gasteiger partial charge in [0.05, 0.1) is 23.2 Å². The van der Waals surface area contributed by atoms with Crippen LogP contribution in [0.25, 0.3) is 0 Å². The van der Waals surface area contributed by atoms with E-state index in [1.807, 2.05) is 24.3 Å². The minimum atomic E-state index is -0.0149. The molecule has 0 spiro atoms. The molecular weight excluding hydrogens is 246 g/mol. The first kappa shape index (κ1) is 13.2. The van der Waals surface area contributed by atoms with E-state index < -0.39 is 0 Å². The van der Waals surface area contributed by atoms with Crippen molar-refractivity contribution in [3.8, 4) is 6.07 Å². The number of rotatable bonds is 2. The highest BCUT2D eigenvalue weighted by molar-refractivity contribution is 6.33. The zero-order chi connectivity index (χ0) is 13.2. The molecule has 0 amide bonds. The lowest BCUT2D eigenvalue weighted by Crippen LogP contribution is -2.62. The van der Waals surface area contributed by atoms with Gasteiger partial charge in [-0.25, -0.2) is 0 Å². The number of benzene rings is 1. The molecule has 18 heavy (non-hydrogen) atoms. The molecule has 1 aliphatic heterocycles. The van der Waals surface area contributed by atoms with Gasteiger partial charge < -0.3 is 10.2 Å². The van der Waals surface area contributed by atoms with Gasteiger partial charge in [-0.2, -0.15) is 5.26 Å². The summed E-state index contributed by atoms with van der Waals surface area (Å²) in [6, 6.07) is 10.3. The molecule has 1 aromatic rings. The lowest BCUT2D eigenvalue weighted by atomic mass is 9.97. The third-order valence-electron chi connectivity index (χ3n) is 3.15. The van der Waals surface area contributed by atoms with Crippen molar-refractivity contribution in [3.05, 3.63) is 29.3 Å². The smallest absolute Gasteiger partial charge is 0.0639 e. The van der Waals surface area contributed by atoms with Crippen molar-refractivity contribution in [2.75, 3.05) is 18.0 Å². The van der Waals surface area contributed by atoms with Crippen LogP contribution in [0.2, 0.25) is 5.02 Å². The molecule has 1 fully saturated rings. The van der Waals surface area contributed by atoms with Crippen LogP contribution in [0.4, 0.5) is 5.69 Å². The Balaban J connectivity index is 2.23. The summed E-state index contributed by atoms with van der Waals surface area (Å²) in [5.74, 6) is 0. The third-order valence-corrected chi connectivity index (χ3v) is 3.47. The summed E-state index contributed by atoms with van der Waals surface area (Å²) in [6.45, 7) is 6.01. The summed E-state index contributed by atoms with van der Waals surface area (Å²) < 4.78 is 0. The van der Waals surface area contributed by atoms with Gasteiger partial charge in [-0.1, -0.05) is 23.7 Å². The quantitative estimate of drug-likeness (QED) is 0.892. The van der Waals surface area contributed by atoms with E-state index in [2.05, 4.69) is 30.1 Å². The molecule has 0 radical (unpaired) electrons. The average Bonchev–Trinajstić information content (AvgIpc) is 2.27. The number of nitriles is 1. The maximum Gasteiger partial charge on any atom is 0.0639 e. The van der Waals surface area contributed by atoms with Gasteiger partial charge in [-0.3, -0.25) is 0 Å². The monoisotopic (exact) mass is 263 g/mol. The van der Waals surface area contributed by atoms with Crippen molar-refractivity contribution in [2.45, 2.75) is 31.8 Å². The lowest BCUT2D eigenvalue weighted by Gasteiger charge is -2.44. The molecule has 1 unspecified atom stereocenters. The first-order chi connectivity index (χ1) is 8.52. The maximum atomic E-state index is 8.87. The number of hydrogen-bond acceptors (Lipinski definition) is 3. The summed E-state index contributed by atoms with van der Waals surface area (Å²) in [7, 11) is 0. The number of halogens is 1. The first-order valence-corrected chi connectivity index (χ1v) is 6.54. The van der Waals surface area contributed by atoms with Crippen LogP contribution in [0.1, 0.15) is 20.3 Å². The van der Waals surface area contributed by atoms with Crippen LogP contribution in [-0.4, -0.2) is 24.7 Å². The zero-order valence-corrected chi connectivity index (χ0v) is 11.5. The van der Waals surface area contributed by atoms with Crippen LogP contribution in [0.3, 0.4) is 0 Å². The standard InChI is InChI=1S/C14H18ClN3/c1-14(2)10-18(9-11(17-14)7-8-16)13-6-4-3-5-12(13)15/h3-6,11,17H,7,9-10H2,1-2H3. The molecule has 0 aromatic heterocycles. The fraction of sp³-hybridized carbons (Fsp3) is 0.500. The minimum Gasteiger partial charge on any atom is -0.367 e. The normalized spacial score (nSPS) is 22.6. The Morgan fingerprint density at radius 1 is 1.50 bits per heavy atom. The van der Waals surface area contributed by atoms with Gasteiger partial charge in [-0.05, 0) is 26.0 Å². The highest BCUT2D eigenvalue weighted by Crippen LogP contribution is 2.29. The van der Waals surface area contributed by atoms with Crippen LogP contribution in [0.5, 0.6) is 0 Å². The number of nitrogens with one attached hydrogen (secondary N) is 1. The lowest BCUT2D eigenvalue weighted by molar-refractivity contribution is 0.291. The topological polar surface area (TPSA) is 39.1 Å². The van der Waals surface area contributed by atoms with Crippen molar-refractivity contribution < 1.29 is 0 Å². The molecule has 1 saturated heterocycles. The maximum absolute atomic E-state index is 8.87. The number of anilines is 1. The number of nitrogens with zero attached hydrogens (tertiary/aromatic N) is 2. The molecule has 1 aromatic carbocycles. The molecule has 1 N–H and O–H groups in total. The van der Waals surface area contributed by atoms with Crippen LogP contribution in [-0.2, 0) is 0 Å². The number of piperazine rings is 1. The summed E-state index contributed by atoms with van der Waals surface area (Å²) in [6.07, 6.45) is 0.518. The SMILES string of the molecule is CC1(C)CN(c2ccccc2Cl)CC(CC#N)N1. The fourth-order valence-electron chi connectivity index (χ4n) is 2.57. The van der Waals surface area contributed by atoms with E-state index in [9.17, 15) is 0 Å². The van der Waals surface area contributed by atoms with E-state index in [-0.39, 0.29) is 11.6 Å². The van der Waals surface area contributed by atoms with E-state index in [1.165, 1.54) is 0 Å². The Bertz CT molecular complexity index is 464. The highest BCUT2D eigenvalue weighted by Gasteiger charge is 2.32. The second kappa shape index (κ2) is 5.17. The third kappa shape index (κ3) is 2.95. The van der Waals surface area contributed by atoms with E-state index in [1.54, 1.807) is 0 Å². The Morgan fingerprint density at radius 2 is 2.22 bits per heavy atom. The molecule has 1 aliphatic rings. The summed E-state index contributed by atoms with van der Waals surface area (Å²) in [5, 5.41) is 13.1. The molecule has 0 aliphatic carbocycles. The number of hydrogen-bond donors (Lipinski definition) is 1. The van der Waals surface area contributed by atoms with Crippen LogP contribution >= 0.6 is 11.6 Å². The highest BCUT2D eigenvalue weighted by atomic mass is 35.5. The van der Waals surface area contributed by atoms with E-state index in [0.29, 0.717) is 6.42 Å². The van der Waals surface area contributed by atoms with E-state index in [0.717, 1.165) is 23.8 Å². The summed E-state index contributed by atoms with van der Waals surface area (Å²) >= 11 is 6.25. The minimum absolute atomic E-state index is 0.0149. The molecule has 2 rings (SSSR count). The van der Waals surface area contributed by atoms with Crippen LogP contribution in [0.15, 0.2) is 24.3 Å². The molecule has 1 atom stereocenters. The molecule has 4 heteroatoms. The van der Waals surface area contributed by atoms with Gasteiger partial charge in [0, 0.05) is 24.7 Å². The van der Waals surface area contributed by atoms with Gasteiger partial charge in [0.2, 0.25) is 0 Å². The van der Waals surface area contributed by atoms with Crippen molar-refractivity contribution >= 4 is 17.3 Å². The molecule has 1 heterocycles. The summed E-state index contributed by atoms with van der Waals surface area (Å²) in [4.78, 5) is 2.26. The second-order valence-corrected chi connectivity index (χ2v) is 5.83. The van der Waals surface area contributed by atoms with Gasteiger partial charge >= 0.3 is 0 Å². The Labute approximate surface area is 113 Å². The fourth-order valence-corrected chi connectivity index (χ4v) is 2.82. The van der Waals surface area contributed by atoms with E-state index >= 15 is 0 Å². The average molecular weight is 264 g/mol. The van der Waals surface area contributed by atoms with Gasteiger partial charge in [-0.15, -0.1) is 0 Å². The predicted octanol–water partition coefficient (Wildman–Crippen LogP) is 2.81. The van der Waals surface area contributed by atoms with Gasteiger partial charge in [0.15, 0.2) is 0 Å². The van der Waals surface area contributed by atoms with Gasteiger partial charge in [0.25, 0.3) is 0 Å². The van der Waals surface area contributed by atoms with Crippen LogP contribution < -0.4 is 10.2 Å². The van der Waals surface area contributed by atoms with Crippen molar-refractivity contribution in [3.63, 3.8) is 0 Å². The van der Waals surface area contributed by atoms with Gasteiger partial charge in [0.1, 0.15) is 0 Å². The second-order valence-electron chi connectivity index (χ2n) is 5.42. The largest absolute Gasteiger partial charge is 0.367 e. The van der Waals surface area contributed by atoms with Crippen molar-refractivity contribution in [1.29, 1.82) is 5.26 Å². The Hall–Kier alpha value is -1.24. The molecule has 3 nitrogen and oxygen atoms in total. The molecule has 0 bridgehead atoms. The molecular formula is C14H18ClN3. The molecule has 96 valence electrons. The van der Waals surface area contributed by atoms with Crippen LogP contribution in [0, 0.1) is 11.3 Å². The number of para-hydroxylation sites is 1. The zero-order valence-electron chi connectivity index (χ0n) is 10.8.